The fourth-order valence-electron chi connectivity index (χ4n) is 1.00. The summed E-state index contributed by atoms with van der Waals surface area (Å²) in [6, 6.07) is 5.61. The van der Waals surface area contributed by atoms with E-state index in [0.717, 1.165) is 5.69 Å². The van der Waals surface area contributed by atoms with Crippen LogP contribution in [-0.4, -0.2) is 11.9 Å². The van der Waals surface area contributed by atoms with Crippen LogP contribution in [0.4, 0.5) is 5.69 Å². The number of nitrogens with two attached hydrogens (primary N) is 1. The zero-order valence-corrected chi connectivity index (χ0v) is 10.3. The van der Waals surface area contributed by atoms with E-state index in [4.69, 9.17) is 5.73 Å². The number of hydrogen-bond donors (Lipinski definition) is 2. The van der Waals surface area contributed by atoms with Gasteiger partial charge in [0.2, 0.25) is 5.91 Å². The fourth-order valence-corrected chi connectivity index (χ4v) is 1.52. The van der Waals surface area contributed by atoms with Gasteiger partial charge in [0.15, 0.2) is 0 Å². The maximum absolute atomic E-state index is 10.8. The average molecular weight is 304 g/mol. The van der Waals surface area contributed by atoms with Crippen molar-refractivity contribution in [2.45, 2.75) is 19.9 Å². The molecule has 3 nitrogen and oxygen atoms in total. The monoisotopic (exact) mass is 304 g/mol. The fraction of sp³-hybridized carbons (Fsp3) is 0.300. The molecule has 0 saturated carbocycles. The number of benzene rings is 1. The summed E-state index contributed by atoms with van der Waals surface area (Å²) in [4.78, 5) is 10.8. The quantitative estimate of drug-likeness (QED) is 0.838. The van der Waals surface area contributed by atoms with Crippen LogP contribution >= 0.6 is 22.6 Å². The topological polar surface area (TPSA) is 55.1 Å². The van der Waals surface area contributed by atoms with E-state index in [9.17, 15) is 4.79 Å². The van der Waals surface area contributed by atoms with Gasteiger partial charge < -0.3 is 11.1 Å². The zero-order chi connectivity index (χ0) is 10.7. The Hall–Kier alpha value is -0.780. The van der Waals surface area contributed by atoms with E-state index < -0.39 is 0 Å². The number of amides is 1. The first-order chi connectivity index (χ1) is 6.50. The van der Waals surface area contributed by atoms with Gasteiger partial charge in [0.1, 0.15) is 6.04 Å². The zero-order valence-electron chi connectivity index (χ0n) is 8.17. The molecule has 3 N–H and O–H groups in total. The van der Waals surface area contributed by atoms with Crippen LogP contribution in [-0.2, 0) is 4.79 Å². The van der Waals surface area contributed by atoms with Crippen molar-refractivity contribution in [3.05, 3.63) is 27.3 Å². The minimum Gasteiger partial charge on any atom is -0.374 e. The van der Waals surface area contributed by atoms with Gasteiger partial charge in [-0.1, -0.05) is 6.07 Å². The van der Waals surface area contributed by atoms with Gasteiger partial charge in [-0.15, -0.1) is 0 Å². The molecule has 1 aromatic rings. The molecule has 1 aromatic carbocycles. The van der Waals surface area contributed by atoms with E-state index in [1.54, 1.807) is 6.92 Å². The summed E-state index contributed by atoms with van der Waals surface area (Å²) >= 11 is 2.26. The highest BCUT2D eigenvalue weighted by molar-refractivity contribution is 14.1. The second-order valence-corrected chi connectivity index (χ2v) is 4.39. The minimum atomic E-state index is -0.347. The molecule has 0 aliphatic rings. The number of rotatable bonds is 3. The van der Waals surface area contributed by atoms with Crippen molar-refractivity contribution in [2.24, 2.45) is 5.73 Å². The highest BCUT2D eigenvalue weighted by Crippen LogP contribution is 2.17. The van der Waals surface area contributed by atoms with Crippen molar-refractivity contribution < 1.29 is 4.79 Å². The molecule has 0 saturated heterocycles. The second-order valence-electron chi connectivity index (χ2n) is 3.23. The molecule has 0 spiro atoms. The van der Waals surface area contributed by atoms with Crippen LogP contribution in [0.1, 0.15) is 12.5 Å². The van der Waals surface area contributed by atoms with Crippen LogP contribution in [0.3, 0.4) is 0 Å². The molecule has 14 heavy (non-hydrogen) atoms. The summed E-state index contributed by atoms with van der Waals surface area (Å²) in [7, 11) is 0. The molecule has 76 valence electrons. The summed E-state index contributed by atoms with van der Waals surface area (Å²) in [5.74, 6) is -0.347. The van der Waals surface area contributed by atoms with Gasteiger partial charge in [-0.2, -0.15) is 0 Å². The van der Waals surface area contributed by atoms with Crippen molar-refractivity contribution in [3.63, 3.8) is 0 Å². The standard InChI is InChI=1S/C10H13IN2O/c1-6-3-4-8(5-9(6)11)13-7(2)10(12)14/h3-5,7,13H,1-2H3,(H2,12,14). The molecule has 0 radical (unpaired) electrons. The number of halogens is 1. The molecule has 4 heteroatoms. The number of hydrogen-bond acceptors (Lipinski definition) is 2. The molecule has 0 aromatic heterocycles. The Morgan fingerprint density at radius 3 is 2.71 bits per heavy atom. The molecule has 0 bridgehead atoms. The first-order valence-corrected chi connectivity index (χ1v) is 5.40. The van der Waals surface area contributed by atoms with Crippen LogP contribution in [0.25, 0.3) is 0 Å². The van der Waals surface area contributed by atoms with Gasteiger partial charge in [0.05, 0.1) is 0 Å². The van der Waals surface area contributed by atoms with Crippen LogP contribution in [0, 0.1) is 10.5 Å². The smallest absolute Gasteiger partial charge is 0.239 e. The molecule has 0 fully saturated rings. The SMILES string of the molecule is Cc1ccc(NC(C)C(N)=O)cc1I. The van der Waals surface area contributed by atoms with Crippen molar-refractivity contribution in [3.8, 4) is 0 Å². The Kier molecular flexibility index (Phi) is 3.74. The number of carbonyl (C=O) groups excluding carboxylic acids is 1. The number of carbonyl (C=O) groups is 1. The normalized spacial score (nSPS) is 12.2. The highest BCUT2D eigenvalue weighted by atomic mass is 127. The van der Waals surface area contributed by atoms with Crippen LogP contribution in [0.2, 0.25) is 0 Å². The van der Waals surface area contributed by atoms with Crippen LogP contribution in [0.15, 0.2) is 18.2 Å². The minimum absolute atomic E-state index is 0.339. The number of nitrogens with one attached hydrogen (secondary N) is 1. The number of anilines is 1. The van der Waals surface area contributed by atoms with Crippen LogP contribution in [0.5, 0.6) is 0 Å². The van der Waals surface area contributed by atoms with Gasteiger partial charge >= 0.3 is 0 Å². The third kappa shape index (κ3) is 2.87. The van der Waals surface area contributed by atoms with E-state index in [1.807, 2.05) is 25.1 Å². The predicted octanol–water partition coefficient (Wildman–Crippen LogP) is 1.89. The van der Waals surface area contributed by atoms with Gasteiger partial charge in [0.25, 0.3) is 0 Å². The second kappa shape index (κ2) is 4.63. The lowest BCUT2D eigenvalue weighted by Gasteiger charge is -2.12. The van der Waals surface area contributed by atoms with E-state index in [0.29, 0.717) is 0 Å². The number of aryl methyl sites for hydroxylation is 1. The molecule has 0 heterocycles. The molecule has 1 amide bonds. The predicted molar refractivity (Wildman–Crippen MR) is 66.2 cm³/mol. The summed E-state index contributed by atoms with van der Waals surface area (Å²) in [6.45, 7) is 3.79. The molecule has 1 atom stereocenters. The van der Waals surface area contributed by atoms with E-state index >= 15 is 0 Å². The third-order valence-electron chi connectivity index (χ3n) is 1.98. The van der Waals surface area contributed by atoms with Gasteiger partial charge in [-0.3, -0.25) is 4.79 Å². The summed E-state index contributed by atoms with van der Waals surface area (Å²) in [6.07, 6.45) is 0. The molecule has 0 aliphatic heterocycles. The molecule has 1 unspecified atom stereocenters. The average Bonchev–Trinajstić information content (AvgIpc) is 2.11. The molecule has 1 rings (SSSR count). The van der Waals surface area contributed by atoms with E-state index in [1.165, 1.54) is 9.13 Å². The lowest BCUT2D eigenvalue weighted by Crippen LogP contribution is -2.32. The molecule has 0 aliphatic carbocycles. The van der Waals surface area contributed by atoms with Crippen molar-refractivity contribution in [1.82, 2.24) is 0 Å². The van der Waals surface area contributed by atoms with Gasteiger partial charge in [-0.25, -0.2) is 0 Å². The summed E-state index contributed by atoms with van der Waals surface area (Å²) < 4.78 is 1.17. The van der Waals surface area contributed by atoms with Gasteiger partial charge in [0, 0.05) is 9.26 Å². The van der Waals surface area contributed by atoms with Crippen LogP contribution < -0.4 is 11.1 Å². The maximum Gasteiger partial charge on any atom is 0.239 e. The van der Waals surface area contributed by atoms with Gasteiger partial charge in [-0.05, 0) is 54.1 Å². The lowest BCUT2D eigenvalue weighted by atomic mass is 10.2. The maximum atomic E-state index is 10.8. The highest BCUT2D eigenvalue weighted by Gasteiger charge is 2.07. The summed E-state index contributed by atoms with van der Waals surface area (Å²) in [5.41, 5.74) is 7.30. The van der Waals surface area contributed by atoms with Crippen molar-refractivity contribution in [2.75, 3.05) is 5.32 Å². The summed E-state index contributed by atoms with van der Waals surface area (Å²) in [5, 5.41) is 3.03. The first kappa shape index (κ1) is 11.3. The van der Waals surface area contributed by atoms with E-state index in [-0.39, 0.29) is 11.9 Å². The Morgan fingerprint density at radius 2 is 2.21 bits per heavy atom. The molecular weight excluding hydrogens is 291 g/mol. The Morgan fingerprint density at radius 1 is 1.57 bits per heavy atom. The lowest BCUT2D eigenvalue weighted by molar-refractivity contribution is -0.118. The third-order valence-corrected chi connectivity index (χ3v) is 3.14. The van der Waals surface area contributed by atoms with E-state index in [2.05, 4.69) is 27.9 Å². The van der Waals surface area contributed by atoms with Crippen molar-refractivity contribution >= 4 is 34.2 Å². The first-order valence-electron chi connectivity index (χ1n) is 4.32. The Bertz CT molecular complexity index is 352. The van der Waals surface area contributed by atoms with Crippen molar-refractivity contribution in [1.29, 1.82) is 0 Å². The Balaban J connectivity index is 2.78. The largest absolute Gasteiger partial charge is 0.374 e. The molecular formula is C10H13IN2O. The number of primary amides is 1. The Labute approximate surface area is 97.2 Å².